The van der Waals surface area contributed by atoms with Crippen molar-refractivity contribution in [3.8, 4) is 45.6 Å². The summed E-state index contributed by atoms with van der Waals surface area (Å²) in [5.41, 5.74) is 26.3. The Morgan fingerprint density at radius 3 is 1.18 bits per heavy atom. The molecule has 3 aliphatic heterocycles. The zero-order valence-electron chi connectivity index (χ0n) is 56.9. The van der Waals surface area contributed by atoms with Crippen molar-refractivity contribution in [3.05, 3.63) is 194 Å². The van der Waals surface area contributed by atoms with Gasteiger partial charge in [-0.2, -0.15) is 15.3 Å². The van der Waals surface area contributed by atoms with Crippen LogP contribution >= 0.6 is 11.3 Å². The molecule has 6 amide bonds. The lowest BCUT2D eigenvalue weighted by Crippen LogP contribution is -2.40. The van der Waals surface area contributed by atoms with Crippen LogP contribution in [0.1, 0.15) is 102 Å². The second-order valence-corrected chi connectivity index (χ2v) is 25.5. The number of fused-ring (bicyclic) bond motifs is 3. The van der Waals surface area contributed by atoms with E-state index in [9.17, 15) is 28.8 Å². The van der Waals surface area contributed by atoms with Crippen molar-refractivity contribution < 1.29 is 28.8 Å². The van der Waals surface area contributed by atoms with Crippen LogP contribution in [0.5, 0.6) is 0 Å². The van der Waals surface area contributed by atoms with Crippen LogP contribution in [0, 0.1) is 11.8 Å². The number of aromatic nitrogens is 15. The molecule has 9 N–H and O–H groups in total. The third-order valence-corrected chi connectivity index (χ3v) is 18.7. The van der Waals surface area contributed by atoms with E-state index in [2.05, 4.69) is 85.8 Å². The first-order valence-electron chi connectivity index (χ1n) is 33.6. The minimum absolute atomic E-state index is 0. The van der Waals surface area contributed by atoms with Gasteiger partial charge in [-0.25, -0.2) is 58.9 Å². The fourth-order valence-electron chi connectivity index (χ4n) is 12.9. The van der Waals surface area contributed by atoms with Gasteiger partial charge in [0.25, 0.3) is 23.6 Å². The van der Waals surface area contributed by atoms with Gasteiger partial charge in [0.2, 0.25) is 11.8 Å². The number of nitrogen functional groups attached to an aromatic ring is 3. The Balaban J connectivity index is 0.000000148. The molecular formula is C75H74N24O6S. The van der Waals surface area contributed by atoms with E-state index in [1.807, 2.05) is 50.4 Å². The molecule has 9 aromatic heterocycles. The van der Waals surface area contributed by atoms with Gasteiger partial charge in [-0.15, -0.1) is 11.3 Å². The van der Waals surface area contributed by atoms with E-state index < -0.39 is 0 Å². The van der Waals surface area contributed by atoms with E-state index in [1.54, 1.807) is 118 Å². The number of hydrogen-bond donors (Lipinski definition) is 6. The standard InChI is InChI=1S/C26H24N8O2.C25H24N8O2.C23H22N8O2S.CH4/c1-2-6-21(35)33-14-5-7-19(15-33)34-25-22(24(27)29-16-30-25)23(32-34)17-9-11-18(12-10-17)26(36)31-20-8-3-4-13-28-20;1-2-20(34)32-13-5-6-18(14-32)33-24-21(23(26)28-15-29-24)22(31-33)16-8-10-17(11-9-16)25(35)30-19-7-3-4-12-27-19;1-2-17(32)30-10-3-4-16(12-30)31-21-18(20(24)26-13-27-21)19(29-31)14-5-7-15(8-6-14)22(33)28-23-25-9-11-34-23;/h3-4,8-13,16,19H,5,7,14-15H2,1H3,(H2,27,29,30)(H,28,31,36);2-4,7-12,15,18H,1,5-6,13-14H2,(H2,26,28,29)(H,27,30,35);2,5-9,11,13,16H,1,3-4,10,12H2,(H2,24,26,27)(H,25,28,33);1H4. The smallest absolute Gasteiger partial charge is 0.298 e. The van der Waals surface area contributed by atoms with Crippen LogP contribution in [0.15, 0.2) is 177 Å². The number of piperidine rings is 3. The number of pyridine rings is 2. The molecule has 0 spiro atoms. The largest absolute Gasteiger partial charge is 0.383 e. The topological polar surface area (TPSA) is 396 Å². The molecule has 31 heteroatoms. The summed E-state index contributed by atoms with van der Waals surface area (Å²) in [6.45, 7) is 12.4. The van der Waals surface area contributed by atoms with Gasteiger partial charge < -0.3 is 42.5 Å². The van der Waals surface area contributed by atoms with Gasteiger partial charge in [-0.3, -0.25) is 34.1 Å². The average molecular weight is 1440 g/mol. The monoisotopic (exact) mass is 1440 g/mol. The van der Waals surface area contributed by atoms with Crippen molar-refractivity contribution in [3.63, 3.8) is 0 Å². The number of rotatable bonds is 14. The predicted octanol–water partition coefficient (Wildman–Crippen LogP) is 9.75. The highest BCUT2D eigenvalue weighted by atomic mass is 32.1. The van der Waals surface area contributed by atoms with Gasteiger partial charge in [0.05, 0.1) is 34.3 Å². The number of carbonyl (C=O) groups excluding carboxylic acids is 6. The van der Waals surface area contributed by atoms with Gasteiger partial charge in [-0.1, -0.05) is 75.0 Å². The number of anilines is 6. The van der Waals surface area contributed by atoms with Crippen molar-refractivity contribution in [2.45, 2.75) is 71.0 Å². The zero-order valence-corrected chi connectivity index (χ0v) is 57.7. The Morgan fingerprint density at radius 2 is 0.840 bits per heavy atom. The summed E-state index contributed by atoms with van der Waals surface area (Å²) in [5.74, 6) is 6.07. The molecule has 0 bridgehead atoms. The highest BCUT2D eigenvalue weighted by Gasteiger charge is 2.32. The first-order valence-corrected chi connectivity index (χ1v) is 34.5. The fraction of sp³-hybridized carbons (Fsp3) is 0.227. The maximum absolute atomic E-state index is 12.6. The number of carbonyl (C=O) groups is 6. The molecule has 3 aliphatic rings. The molecule has 15 rings (SSSR count). The van der Waals surface area contributed by atoms with Crippen LogP contribution in [-0.4, -0.2) is 164 Å². The molecule has 3 saturated heterocycles. The van der Waals surface area contributed by atoms with E-state index >= 15 is 0 Å². The van der Waals surface area contributed by atoms with E-state index in [1.165, 1.54) is 42.5 Å². The van der Waals surface area contributed by atoms with Crippen molar-refractivity contribution in [2.24, 2.45) is 0 Å². The van der Waals surface area contributed by atoms with E-state index in [0.717, 1.165) is 55.2 Å². The summed E-state index contributed by atoms with van der Waals surface area (Å²) >= 11 is 1.35. The zero-order chi connectivity index (χ0) is 73.1. The lowest BCUT2D eigenvalue weighted by molar-refractivity contribution is -0.128. The number of nitrogens with two attached hydrogens (primary N) is 3. The van der Waals surface area contributed by atoms with Crippen LogP contribution in [0.2, 0.25) is 0 Å². The minimum Gasteiger partial charge on any atom is -0.383 e. The van der Waals surface area contributed by atoms with Gasteiger partial charge in [0.1, 0.15) is 65.2 Å². The summed E-state index contributed by atoms with van der Waals surface area (Å²) in [7, 11) is 0. The molecule has 3 atom stereocenters. The lowest BCUT2D eigenvalue weighted by Gasteiger charge is -2.32. The number of likely N-dealkylation sites (tertiary alicyclic amines) is 3. The number of benzene rings is 3. The van der Waals surface area contributed by atoms with Crippen molar-refractivity contribution in [2.75, 3.05) is 72.4 Å². The van der Waals surface area contributed by atoms with Gasteiger partial charge in [0, 0.05) is 96.6 Å². The normalized spacial score (nSPS) is 15.4. The molecule has 0 saturated carbocycles. The summed E-state index contributed by atoms with van der Waals surface area (Å²) in [5, 5.41) is 27.2. The van der Waals surface area contributed by atoms with Crippen molar-refractivity contribution in [1.82, 2.24) is 88.9 Å². The third kappa shape index (κ3) is 15.8. The molecular weight excluding hydrogens is 1370 g/mol. The highest BCUT2D eigenvalue weighted by Crippen LogP contribution is 2.38. The number of nitrogens with one attached hydrogen (secondary N) is 3. The maximum Gasteiger partial charge on any atom is 0.298 e. The molecule has 3 aromatic carbocycles. The summed E-state index contributed by atoms with van der Waals surface area (Å²) in [6.07, 6.45) is 16.9. The first kappa shape index (κ1) is 72.3. The highest BCUT2D eigenvalue weighted by molar-refractivity contribution is 7.13. The third-order valence-electron chi connectivity index (χ3n) is 18.0. The minimum atomic E-state index is -0.263. The van der Waals surface area contributed by atoms with Crippen LogP contribution in [-0.2, 0) is 14.4 Å². The maximum atomic E-state index is 12.6. The van der Waals surface area contributed by atoms with Crippen LogP contribution in [0.25, 0.3) is 66.9 Å². The second kappa shape index (κ2) is 32.7. The molecule has 12 heterocycles. The molecule has 536 valence electrons. The summed E-state index contributed by atoms with van der Waals surface area (Å²) in [4.78, 5) is 118. The van der Waals surface area contributed by atoms with Gasteiger partial charge >= 0.3 is 0 Å². The second-order valence-electron chi connectivity index (χ2n) is 24.6. The number of thiazole rings is 1. The van der Waals surface area contributed by atoms with Crippen LogP contribution in [0.4, 0.5) is 34.2 Å². The van der Waals surface area contributed by atoms with Gasteiger partial charge in [-0.05, 0) is 124 Å². The van der Waals surface area contributed by atoms with Gasteiger partial charge in [0.15, 0.2) is 22.1 Å². The summed E-state index contributed by atoms with van der Waals surface area (Å²) in [6, 6.07) is 31.7. The molecule has 3 fully saturated rings. The molecule has 0 aliphatic carbocycles. The fourth-order valence-corrected chi connectivity index (χ4v) is 13.4. The molecule has 12 aromatic rings. The van der Waals surface area contributed by atoms with E-state index in [0.29, 0.717) is 140 Å². The number of hydrogen-bond acceptors (Lipinski definition) is 22. The quantitative estimate of drug-likeness (QED) is 0.0435. The lowest BCUT2D eigenvalue weighted by atomic mass is 10.1. The average Bonchev–Trinajstić information content (AvgIpc) is 1.62. The molecule has 106 heavy (non-hydrogen) atoms. The Kier molecular flexibility index (Phi) is 22.3. The van der Waals surface area contributed by atoms with Crippen molar-refractivity contribution >= 4 is 114 Å². The Morgan fingerprint density at radius 1 is 0.472 bits per heavy atom. The summed E-state index contributed by atoms with van der Waals surface area (Å²) < 4.78 is 5.52. The van der Waals surface area contributed by atoms with E-state index in [-0.39, 0.29) is 61.0 Å². The predicted molar refractivity (Wildman–Crippen MR) is 405 cm³/mol. The first-order chi connectivity index (χ1) is 51.1. The van der Waals surface area contributed by atoms with Crippen LogP contribution in [0.3, 0.4) is 0 Å². The Labute approximate surface area is 611 Å². The number of nitrogens with zero attached hydrogens (tertiary/aromatic N) is 18. The molecule has 30 nitrogen and oxygen atoms in total. The SMILES string of the molecule is C.C=CC(=O)N1CCCC(n2nc(-c3ccc(C(=O)Nc4ccccn4)cc3)c3c(N)ncnc32)C1.C=CC(=O)N1CCCC(n2nc(-c3ccc(C(=O)Nc4nccs4)cc3)c3c(N)ncnc32)C1.CC#CC(=O)N1CCCC(n2nc(-c3ccc(C(=O)Nc4ccccn4)cc3)c3c(N)ncnc32)C1. The van der Waals surface area contributed by atoms with Crippen molar-refractivity contribution in [1.29, 1.82) is 0 Å². The van der Waals surface area contributed by atoms with E-state index in [4.69, 9.17) is 32.5 Å². The number of amides is 6. The Bertz CT molecular complexity index is 5290. The van der Waals surface area contributed by atoms with Crippen LogP contribution < -0.4 is 33.2 Å². The Hall–Kier alpha value is -13.5. The molecule has 0 radical (unpaired) electrons. The molecule has 3 unspecified atom stereocenters.